The average Bonchev–Trinajstić information content (AvgIpc) is 2.17. The fourth-order valence-corrected chi connectivity index (χ4v) is 0.894. The second kappa shape index (κ2) is 4.13. The van der Waals surface area contributed by atoms with Gasteiger partial charge in [0.05, 0.1) is 15.9 Å². The van der Waals surface area contributed by atoms with Crippen molar-refractivity contribution in [1.82, 2.24) is 0 Å². The molecule has 0 unspecified atom stereocenters. The molecule has 15 heavy (non-hydrogen) atoms. The first kappa shape index (κ1) is 10.6. The minimum Gasteiger partial charge on any atom is -0.410 e. The van der Waals surface area contributed by atoms with Crippen molar-refractivity contribution in [2.45, 2.75) is 0 Å². The summed E-state index contributed by atoms with van der Waals surface area (Å²) in [6, 6.07) is 2.60. The van der Waals surface area contributed by atoms with E-state index in [9.17, 15) is 25.0 Å². The minimum atomic E-state index is -0.823. The van der Waals surface area contributed by atoms with E-state index in [0.717, 1.165) is 24.7 Å². The number of rotatable bonds is 4. The van der Waals surface area contributed by atoms with Gasteiger partial charge in [-0.15, -0.1) is 0 Å². The molecular formula is C7H3N2O6. The highest BCUT2D eigenvalue weighted by atomic mass is 16.6. The lowest BCUT2D eigenvalue weighted by atomic mass is 10.2. The first-order chi connectivity index (χ1) is 7.06. The number of benzene rings is 1. The normalized spacial score (nSPS) is 9.33. The van der Waals surface area contributed by atoms with Crippen molar-refractivity contribution in [3.05, 3.63) is 38.4 Å². The Bertz CT molecular complexity index is 429. The third kappa shape index (κ3) is 2.24. The summed E-state index contributed by atoms with van der Waals surface area (Å²) in [6.07, 6.45) is 0. The summed E-state index contributed by atoms with van der Waals surface area (Å²) in [5, 5.41) is 20.7. The van der Waals surface area contributed by atoms with Crippen LogP contribution in [0.5, 0.6) is 5.75 Å². The molecule has 0 aromatic heterocycles. The molecule has 0 spiro atoms. The maximum atomic E-state index is 10.4. The molecule has 0 aliphatic rings. The van der Waals surface area contributed by atoms with Crippen LogP contribution in [-0.2, 0) is 4.79 Å². The first-order valence-electron chi connectivity index (χ1n) is 3.53. The van der Waals surface area contributed by atoms with Gasteiger partial charge >= 0.3 is 12.2 Å². The summed E-state index contributed by atoms with van der Waals surface area (Å²) in [5.41, 5.74) is -0.949. The van der Waals surface area contributed by atoms with Crippen LogP contribution in [0.4, 0.5) is 11.4 Å². The van der Waals surface area contributed by atoms with Crippen molar-refractivity contribution in [2.75, 3.05) is 0 Å². The Hall–Kier alpha value is -2.51. The molecule has 1 aromatic carbocycles. The number of non-ortho nitro benzene ring substituents is 1. The van der Waals surface area contributed by atoms with Crippen LogP contribution >= 0.6 is 0 Å². The van der Waals surface area contributed by atoms with E-state index in [2.05, 4.69) is 4.74 Å². The highest BCUT2D eigenvalue weighted by Gasteiger charge is 2.19. The maximum absolute atomic E-state index is 10.4. The Labute approximate surface area is 82.4 Å². The molecule has 1 aromatic rings. The van der Waals surface area contributed by atoms with Crippen LogP contribution < -0.4 is 4.74 Å². The minimum absolute atomic E-state index is 0.411. The Morgan fingerprint density at radius 2 is 1.87 bits per heavy atom. The van der Waals surface area contributed by atoms with Gasteiger partial charge in [-0.1, -0.05) is 0 Å². The molecule has 1 rings (SSSR count). The number of nitro groups is 2. The molecule has 0 bridgehead atoms. The number of nitrogens with zero attached hydrogens (tertiary/aromatic N) is 2. The summed E-state index contributed by atoms with van der Waals surface area (Å²) >= 11 is 0. The van der Waals surface area contributed by atoms with E-state index in [1.165, 1.54) is 0 Å². The molecule has 0 atom stereocenters. The largest absolute Gasteiger partial charge is 0.423 e. The van der Waals surface area contributed by atoms with E-state index < -0.39 is 27.0 Å². The molecule has 0 fully saturated rings. The van der Waals surface area contributed by atoms with E-state index in [-0.39, 0.29) is 0 Å². The predicted octanol–water partition coefficient (Wildman–Crippen LogP) is 0.949. The SMILES string of the molecule is O=[C]Oc1cc([N+](=O)[O-])ccc1[N+](=O)[O-]. The third-order valence-corrected chi connectivity index (χ3v) is 1.50. The fraction of sp³-hybridized carbons (Fsp3) is 0. The predicted molar refractivity (Wildman–Crippen MR) is 46.1 cm³/mol. The summed E-state index contributed by atoms with van der Waals surface area (Å²) in [7, 11) is 0. The topological polar surface area (TPSA) is 113 Å². The van der Waals surface area contributed by atoms with Crippen molar-refractivity contribution in [2.24, 2.45) is 0 Å². The van der Waals surface area contributed by atoms with Crippen LogP contribution in [0.2, 0.25) is 0 Å². The summed E-state index contributed by atoms with van der Waals surface area (Å²) in [5.74, 6) is -0.510. The maximum Gasteiger partial charge on any atom is 0.423 e. The van der Waals surface area contributed by atoms with E-state index in [0.29, 0.717) is 0 Å². The van der Waals surface area contributed by atoms with Gasteiger partial charge in [0.25, 0.3) is 5.69 Å². The number of carbonyl (C=O) groups excluding carboxylic acids is 1. The summed E-state index contributed by atoms with van der Waals surface area (Å²) in [4.78, 5) is 29.0. The zero-order chi connectivity index (χ0) is 11.4. The van der Waals surface area contributed by atoms with Crippen LogP contribution in [0.25, 0.3) is 0 Å². The van der Waals surface area contributed by atoms with Gasteiger partial charge in [-0.05, 0) is 0 Å². The number of hydrogen-bond donors (Lipinski definition) is 0. The number of nitro benzene ring substituents is 2. The summed E-state index contributed by atoms with van der Waals surface area (Å²) in [6.45, 7) is 0.968. The number of ether oxygens (including phenoxy) is 1. The van der Waals surface area contributed by atoms with Gasteiger partial charge in [0.15, 0.2) is 0 Å². The monoisotopic (exact) mass is 211 g/mol. The Morgan fingerprint density at radius 1 is 1.20 bits per heavy atom. The molecule has 0 aliphatic carbocycles. The molecule has 0 aliphatic heterocycles. The molecule has 0 saturated carbocycles. The van der Waals surface area contributed by atoms with Crippen LogP contribution in [0.3, 0.4) is 0 Å². The van der Waals surface area contributed by atoms with Gasteiger partial charge < -0.3 is 4.74 Å². The van der Waals surface area contributed by atoms with Crippen LogP contribution in [-0.4, -0.2) is 16.3 Å². The van der Waals surface area contributed by atoms with E-state index >= 15 is 0 Å². The van der Waals surface area contributed by atoms with Crippen molar-refractivity contribution >= 4 is 17.8 Å². The van der Waals surface area contributed by atoms with Gasteiger partial charge in [0.2, 0.25) is 5.75 Å². The molecule has 1 radical (unpaired) electrons. The van der Waals surface area contributed by atoms with Crippen LogP contribution in [0.1, 0.15) is 0 Å². The van der Waals surface area contributed by atoms with Gasteiger partial charge in [-0.25, -0.2) is 4.79 Å². The van der Waals surface area contributed by atoms with Gasteiger partial charge in [-0.2, -0.15) is 0 Å². The Kier molecular flexibility index (Phi) is 2.91. The summed E-state index contributed by atoms with van der Waals surface area (Å²) < 4.78 is 4.14. The zero-order valence-corrected chi connectivity index (χ0v) is 7.08. The molecule has 8 heteroatoms. The molecular weight excluding hydrogens is 208 g/mol. The molecule has 0 amide bonds. The quantitative estimate of drug-likeness (QED) is 0.541. The highest BCUT2D eigenvalue weighted by molar-refractivity contribution is 5.58. The smallest absolute Gasteiger partial charge is 0.410 e. The Balaban J connectivity index is 3.25. The highest BCUT2D eigenvalue weighted by Crippen LogP contribution is 2.30. The Morgan fingerprint density at radius 3 is 2.33 bits per heavy atom. The number of hydrogen-bond acceptors (Lipinski definition) is 6. The second-order valence-electron chi connectivity index (χ2n) is 2.35. The fourth-order valence-electron chi connectivity index (χ4n) is 0.894. The van der Waals surface area contributed by atoms with Crippen molar-refractivity contribution in [3.8, 4) is 5.75 Å². The second-order valence-corrected chi connectivity index (χ2v) is 2.35. The molecule has 0 heterocycles. The van der Waals surface area contributed by atoms with E-state index in [1.54, 1.807) is 0 Å². The molecule has 0 saturated heterocycles. The zero-order valence-electron chi connectivity index (χ0n) is 7.08. The molecule has 0 N–H and O–H groups in total. The van der Waals surface area contributed by atoms with Crippen molar-refractivity contribution < 1.29 is 19.4 Å². The van der Waals surface area contributed by atoms with Gasteiger partial charge in [-0.3, -0.25) is 20.2 Å². The van der Waals surface area contributed by atoms with Gasteiger partial charge in [0, 0.05) is 12.1 Å². The van der Waals surface area contributed by atoms with Gasteiger partial charge in [0.1, 0.15) is 0 Å². The van der Waals surface area contributed by atoms with Crippen molar-refractivity contribution in [1.29, 1.82) is 0 Å². The van der Waals surface area contributed by atoms with Crippen LogP contribution in [0.15, 0.2) is 18.2 Å². The van der Waals surface area contributed by atoms with Crippen LogP contribution in [0, 0.1) is 20.2 Å². The van der Waals surface area contributed by atoms with E-state index in [1.807, 2.05) is 0 Å². The lowest BCUT2D eigenvalue weighted by molar-refractivity contribution is -0.389. The lowest BCUT2D eigenvalue weighted by Crippen LogP contribution is -1.97. The average molecular weight is 211 g/mol. The van der Waals surface area contributed by atoms with Crippen molar-refractivity contribution in [3.63, 3.8) is 0 Å². The molecule has 8 nitrogen and oxygen atoms in total. The first-order valence-corrected chi connectivity index (χ1v) is 3.53. The standard InChI is InChI=1S/C7H3N2O6/c10-4-15-7-3-5(8(11)12)1-2-6(7)9(13)14/h1-3H. The molecule has 77 valence electrons. The van der Waals surface area contributed by atoms with E-state index in [4.69, 9.17) is 0 Å². The lowest BCUT2D eigenvalue weighted by Gasteiger charge is -1.98. The third-order valence-electron chi connectivity index (χ3n) is 1.50.